The SMILES string of the molecule is Cc1cc(/C=N\NC(=O)COc2ccc(Cl)cc2Cl)c(C)n1-c1ccccc1F. The summed E-state index contributed by atoms with van der Waals surface area (Å²) < 4.78 is 21.3. The van der Waals surface area contributed by atoms with Gasteiger partial charge in [0, 0.05) is 22.0 Å². The van der Waals surface area contributed by atoms with Gasteiger partial charge in [-0.1, -0.05) is 35.3 Å². The van der Waals surface area contributed by atoms with Crippen LogP contribution in [-0.2, 0) is 4.79 Å². The first-order chi connectivity index (χ1) is 13.9. The number of rotatable bonds is 6. The van der Waals surface area contributed by atoms with E-state index >= 15 is 0 Å². The Balaban J connectivity index is 1.64. The zero-order valence-electron chi connectivity index (χ0n) is 15.7. The predicted molar refractivity (Wildman–Crippen MR) is 113 cm³/mol. The molecule has 0 aliphatic carbocycles. The van der Waals surface area contributed by atoms with Crippen LogP contribution in [0.5, 0.6) is 5.75 Å². The van der Waals surface area contributed by atoms with Crippen molar-refractivity contribution >= 4 is 35.3 Å². The molecule has 1 amide bonds. The highest BCUT2D eigenvalue weighted by molar-refractivity contribution is 6.35. The lowest BCUT2D eigenvalue weighted by Gasteiger charge is -2.10. The summed E-state index contributed by atoms with van der Waals surface area (Å²) >= 11 is 11.8. The minimum absolute atomic E-state index is 0.257. The maximum absolute atomic E-state index is 14.1. The van der Waals surface area contributed by atoms with Gasteiger partial charge in [-0.3, -0.25) is 4.79 Å². The van der Waals surface area contributed by atoms with Crippen LogP contribution in [0.3, 0.4) is 0 Å². The number of amides is 1. The van der Waals surface area contributed by atoms with Crippen LogP contribution in [0.4, 0.5) is 4.39 Å². The molecule has 0 aliphatic rings. The molecule has 2 aromatic carbocycles. The van der Waals surface area contributed by atoms with E-state index in [0.29, 0.717) is 21.5 Å². The normalized spacial score (nSPS) is 11.1. The van der Waals surface area contributed by atoms with Gasteiger partial charge in [0.05, 0.1) is 16.9 Å². The monoisotopic (exact) mass is 433 g/mol. The molecule has 3 rings (SSSR count). The average molecular weight is 434 g/mol. The lowest BCUT2D eigenvalue weighted by Crippen LogP contribution is -2.24. The van der Waals surface area contributed by atoms with Crippen molar-refractivity contribution in [2.24, 2.45) is 5.10 Å². The highest BCUT2D eigenvalue weighted by Gasteiger charge is 2.12. The molecule has 3 aromatic rings. The zero-order chi connectivity index (χ0) is 21.0. The van der Waals surface area contributed by atoms with E-state index in [1.165, 1.54) is 18.3 Å². The first kappa shape index (κ1) is 20.9. The fourth-order valence-corrected chi connectivity index (χ4v) is 3.33. The molecule has 0 saturated heterocycles. The molecule has 0 aliphatic heterocycles. The van der Waals surface area contributed by atoms with Crippen molar-refractivity contribution in [3.05, 3.63) is 81.3 Å². The molecule has 0 bridgehead atoms. The van der Waals surface area contributed by atoms with Crippen LogP contribution in [0.2, 0.25) is 10.0 Å². The highest BCUT2D eigenvalue weighted by atomic mass is 35.5. The number of carbonyl (C=O) groups excluding carboxylic acids is 1. The number of ether oxygens (including phenoxy) is 1. The average Bonchev–Trinajstić information content (AvgIpc) is 2.95. The molecule has 5 nitrogen and oxygen atoms in total. The number of carbonyl (C=O) groups is 1. The molecular weight excluding hydrogens is 416 g/mol. The van der Waals surface area contributed by atoms with Gasteiger partial charge in [0.25, 0.3) is 5.91 Å². The van der Waals surface area contributed by atoms with Crippen LogP contribution >= 0.6 is 23.2 Å². The van der Waals surface area contributed by atoms with Crippen molar-refractivity contribution < 1.29 is 13.9 Å². The number of hydrazone groups is 1. The second kappa shape index (κ2) is 9.11. The summed E-state index contributed by atoms with van der Waals surface area (Å²) in [5, 5.41) is 4.75. The molecular formula is C21H18Cl2FN3O2. The number of halogens is 3. The fourth-order valence-electron chi connectivity index (χ4n) is 2.86. The third-order valence-corrected chi connectivity index (χ3v) is 4.74. The van der Waals surface area contributed by atoms with E-state index in [4.69, 9.17) is 27.9 Å². The number of aromatic nitrogens is 1. The maximum Gasteiger partial charge on any atom is 0.277 e. The Kier molecular flexibility index (Phi) is 6.56. The van der Waals surface area contributed by atoms with Gasteiger partial charge < -0.3 is 9.30 Å². The summed E-state index contributed by atoms with van der Waals surface area (Å²) in [5.41, 5.74) is 5.26. The van der Waals surface area contributed by atoms with Gasteiger partial charge in [-0.25, -0.2) is 9.82 Å². The van der Waals surface area contributed by atoms with Gasteiger partial charge in [0.15, 0.2) is 6.61 Å². The minimum Gasteiger partial charge on any atom is -0.482 e. The summed E-state index contributed by atoms with van der Waals surface area (Å²) in [6, 6.07) is 13.1. The summed E-state index contributed by atoms with van der Waals surface area (Å²) in [6.45, 7) is 3.47. The van der Waals surface area contributed by atoms with Crippen molar-refractivity contribution in [3.8, 4) is 11.4 Å². The number of hydrogen-bond acceptors (Lipinski definition) is 3. The summed E-state index contributed by atoms with van der Waals surface area (Å²) in [6.07, 6.45) is 1.51. The van der Waals surface area contributed by atoms with Gasteiger partial charge in [0.2, 0.25) is 0 Å². The number of nitrogens with zero attached hydrogens (tertiary/aromatic N) is 2. The molecule has 0 radical (unpaired) electrons. The van der Waals surface area contributed by atoms with Crippen LogP contribution in [0, 0.1) is 19.7 Å². The molecule has 29 heavy (non-hydrogen) atoms. The van der Waals surface area contributed by atoms with Gasteiger partial charge >= 0.3 is 0 Å². The molecule has 8 heteroatoms. The summed E-state index contributed by atoms with van der Waals surface area (Å²) in [5.74, 6) is -0.414. The molecule has 0 unspecified atom stereocenters. The Hall–Kier alpha value is -2.83. The number of nitrogens with one attached hydrogen (secondary N) is 1. The Morgan fingerprint density at radius 3 is 2.69 bits per heavy atom. The minimum atomic E-state index is -0.449. The summed E-state index contributed by atoms with van der Waals surface area (Å²) in [7, 11) is 0. The third-order valence-electron chi connectivity index (χ3n) is 4.21. The van der Waals surface area contributed by atoms with Crippen molar-refractivity contribution in [1.82, 2.24) is 9.99 Å². The van der Waals surface area contributed by atoms with E-state index in [1.807, 2.05) is 19.9 Å². The van der Waals surface area contributed by atoms with Crippen LogP contribution in [0.1, 0.15) is 17.0 Å². The molecule has 1 heterocycles. The first-order valence-corrected chi connectivity index (χ1v) is 9.46. The maximum atomic E-state index is 14.1. The molecule has 1 N–H and O–H groups in total. The molecule has 0 atom stereocenters. The third kappa shape index (κ3) is 4.96. The Morgan fingerprint density at radius 2 is 1.97 bits per heavy atom. The Labute approximate surface area is 177 Å². The van der Waals surface area contributed by atoms with Crippen molar-refractivity contribution in [1.29, 1.82) is 0 Å². The highest BCUT2D eigenvalue weighted by Crippen LogP contribution is 2.27. The second-order valence-corrected chi connectivity index (χ2v) is 7.11. The molecule has 0 spiro atoms. The quantitative estimate of drug-likeness (QED) is 0.435. The Morgan fingerprint density at radius 1 is 1.21 bits per heavy atom. The number of benzene rings is 2. The second-order valence-electron chi connectivity index (χ2n) is 6.27. The topological polar surface area (TPSA) is 55.6 Å². The molecule has 1 aromatic heterocycles. The van der Waals surface area contributed by atoms with Crippen molar-refractivity contribution in [3.63, 3.8) is 0 Å². The number of aryl methyl sites for hydroxylation is 1. The van der Waals surface area contributed by atoms with Crippen molar-refractivity contribution in [2.45, 2.75) is 13.8 Å². The number of hydrogen-bond donors (Lipinski definition) is 1. The van der Waals surface area contributed by atoms with Gasteiger partial charge in [-0.15, -0.1) is 0 Å². The standard InChI is InChI=1S/C21H18Cl2FN3O2/c1-13-9-15(14(2)27(13)19-6-4-3-5-18(19)24)11-25-26-21(28)12-29-20-8-7-16(22)10-17(20)23/h3-11H,12H2,1-2H3,(H,26,28)/b25-11-. The smallest absolute Gasteiger partial charge is 0.277 e. The zero-order valence-corrected chi connectivity index (χ0v) is 17.3. The van der Waals surface area contributed by atoms with Crippen LogP contribution in [0.15, 0.2) is 53.6 Å². The van der Waals surface area contributed by atoms with Gasteiger partial charge in [-0.2, -0.15) is 5.10 Å². The van der Waals surface area contributed by atoms with Crippen LogP contribution < -0.4 is 10.2 Å². The Bertz CT molecular complexity index is 1080. The van der Waals surface area contributed by atoms with E-state index in [2.05, 4.69) is 10.5 Å². The predicted octanol–water partition coefficient (Wildman–Crippen LogP) is 5.07. The lowest BCUT2D eigenvalue weighted by molar-refractivity contribution is -0.123. The fraction of sp³-hybridized carbons (Fsp3) is 0.143. The molecule has 0 saturated carbocycles. The molecule has 0 fully saturated rings. The molecule has 150 valence electrons. The van der Waals surface area contributed by atoms with Crippen molar-refractivity contribution in [2.75, 3.05) is 6.61 Å². The lowest BCUT2D eigenvalue weighted by atomic mass is 10.2. The number of para-hydroxylation sites is 1. The van der Waals surface area contributed by atoms with E-state index in [1.54, 1.807) is 34.9 Å². The summed E-state index contributed by atoms with van der Waals surface area (Å²) in [4.78, 5) is 11.9. The van der Waals surface area contributed by atoms with Gasteiger partial charge in [-0.05, 0) is 50.2 Å². The van der Waals surface area contributed by atoms with Crippen LogP contribution in [-0.4, -0.2) is 23.3 Å². The first-order valence-electron chi connectivity index (χ1n) is 8.70. The van der Waals surface area contributed by atoms with Gasteiger partial charge in [0.1, 0.15) is 11.6 Å². The van der Waals surface area contributed by atoms with E-state index in [0.717, 1.165) is 17.0 Å². The van der Waals surface area contributed by atoms with E-state index in [-0.39, 0.29) is 12.4 Å². The largest absolute Gasteiger partial charge is 0.482 e. The van der Waals surface area contributed by atoms with E-state index in [9.17, 15) is 9.18 Å². The van der Waals surface area contributed by atoms with Crippen LogP contribution in [0.25, 0.3) is 5.69 Å². The van der Waals surface area contributed by atoms with E-state index < -0.39 is 5.91 Å².